The van der Waals surface area contributed by atoms with E-state index >= 15 is 0 Å². The summed E-state index contributed by atoms with van der Waals surface area (Å²) in [5.74, 6) is 0.441. The molecule has 0 aliphatic rings. The van der Waals surface area contributed by atoms with E-state index in [0.717, 1.165) is 31.4 Å². The minimum Gasteiger partial charge on any atom is -0.314 e. The first kappa shape index (κ1) is 15.2. The minimum absolute atomic E-state index is 0.125. The summed E-state index contributed by atoms with van der Waals surface area (Å²) in [5, 5.41) is 3.54. The van der Waals surface area contributed by atoms with Gasteiger partial charge >= 0.3 is 0 Å². The summed E-state index contributed by atoms with van der Waals surface area (Å²) in [6, 6.07) is 5.59. The van der Waals surface area contributed by atoms with Crippen molar-refractivity contribution in [1.82, 2.24) is 5.32 Å². The normalized spacial score (nSPS) is 14.5. The number of rotatable bonds is 7. The Morgan fingerprint density at radius 3 is 2.61 bits per heavy atom. The van der Waals surface area contributed by atoms with Gasteiger partial charge in [0.25, 0.3) is 0 Å². The highest BCUT2D eigenvalue weighted by Gasteiger charge is 2.16. The Kier molecular flexibility index (Phi) is 6.34. The van der Waals surface area contributed by atoms with Crippen LogP contribution in [0.2, 0.25) is 0 Å². The van der Waals surface area contributed by atoms with E-state index in [1.165, 1.54) is 5.56 Å². The molecule has 18 heavy (non-hydrogen) atoms. The van der Waals surface area contributed by atoms with Crippen LogP contribution in [-0.4, -0.2) is 12.6 Å². The summed E-state index contributed by atoms with van der Waals surface area (Å²) in [7, 11) is 0. The molecule has 1 aromatic rings. The second kappa shape index (κ2) is 7.52. The molecule has 0 saturated heterocycles. The number of nitrogens with one attached hydrogen (secondary N) is 1. The standard InChI is InChI=1S/C16H26FN/c1-5-9-18-13(4)14(6-2)10-15-11-16(17)8-7-12(15)3/h7-8,11,13-14,18H,5-6,9-10H2,1-4H3. The van der Waals surface area contributed by atoms with Gasteiger partial charge in [-0.05, 0) is 62.4 Å². The molecule has 0 aliphatic carbocycles. The molecule has 2 heteroatoms. The van der Waals surface area contributed by atoms with Crippen LogP contribution in [0.4, 0.5) is 4.39 Å². The van der Waals surface area contributed by atoms with E-state index in [2.05, 4.69) is 33.0 Å². The molecule has 1 nitrogen and oxygen atoms in total. The summed E-state index contributed by atoms with van der Waals surface area (Å²) in [6.07, 6.45) is 3.23. The number of aryl methyl sites for hydroxylation is 1. The maximum atomic E-state index is 13.3. The molecule has 1 aromatic carbocycles. The van der Waals surface area contributed by atoms with Crippen molar-refractivity contribution < 1.29 is 4.39 Å². The summed E-state index contributed by atoms with van der Waals surface area (Å²) < 4.78 is 13.3. The van der Waals surface area contributed by atoms with Gasteiger partial charge in [-0.15, -0.1) is 0 Å². The fourth-order valence-electron chi connectivity index (χ4n) is 2.36. The van der Waals surface area contributed by atoms with Crippen LogP contribution in [0.3, 0.4) is 0 Å². The lowest BCUT2D eigenvalue weighted by Gasteiger charge is -2.24. The quantitative estimate of drug-likeness (QED) is 0.769. The van der Waals surface area contributed by atoms with E-state index in [9.17, 15) is 4.39 Å². The number of hydrogen-bond donors (Lipinski definition) is 1. The van der Waals surface area contributed by atoms with Gasteiger partial charge in [0.2, 0.25) is 0 Å². The van der Waals surface area contributed by atoms with E-state index < -0.39 is 0 Å². The third-order valence-electron chi connectivity index (χ3n) is 3.74. The molecule has 0 saturated carbocycles. The summed E-state index contributed by atoms with van der Waals surface area (Å²) >= 11 is 0. The van der Waals surface area contributed by atoms with Crippen LogP contribution in [-0.2, 0) is 6.42 Å². The van der Waals surface area contributed by atoms with Crippen molar-refractivity contribution in [2.24, 2.45) is 5.92 Å². The fraction of sp³-hybridized carbons (Fsp3) is 0.625. The molecule has 0 bridgehead atoms. The van der Waals surface area contributed by atoms with Gasteiger partial charge in [-0.3, -0.25) is 0 Å². The minimum atomic E-state index is -0.125. The molecule has 0 aliphatic heterocycles. The second-order valence-corrected chi connectivity index (χ2v) is 5.19. The van der Waals surface area contributed by atoms with Crippen LogP contribution in [0.5, 0.6) is 0 Å². The topological polar surface area (TPSA) is 12.0 Å². The Morgan fingerprint density at radius 2 is 2.00 bits per heavy atom. The van der Waals surface area contributed by atoms with Gasteiger partial charge in [-0.2, -0.15) is 0 Å². The van der Waals surface area contributed by atoms with E-state index in [0.29, 0.717) is 12.0 Å². The van der Waals surface area contributed by atoms with Gasteiger partial charge in [-0.25, -0.2) is 4.39 Å². The third kappa shape index (κ3) is 4.41. The van der Waals surface area contributed by atoms with Crippen LogP contribution < -0.4 is 5.32 Å². The molecule has 1 N–H and O–H groups in total. The Labute approximate surface area is 111 Å². The van der Waals surface area contributed by atoms with Gasteiger partial charge in [0.15, 0.2) is 0 Å². The molecule has 0 fully saturated rings. The second-order valence-electron chi connectivity index (χ2n) is 5.19. The smallest absolute Gasteiger partial charge is 0.123 e. The zero-order chi connectivity index (χ0) is 13.5. The lowest BCUT2D eigenvalue weighted by Crippen LogP contribution is -2.35. The highest BCUT2D eigenvalue weighted by atomic mass is 19.1. The van der Waals surface area contributed by atoms with Gasteiger partial charge < -0.3 is 5.32 Å². The van der Waals surface area contributed by atoms with Gasteiger partial charge in [0.05, 0.1) is 0 Å². The zero-order valence-electron chi connectivity index (χ0n) is 12.1. The fourth-order valence-corrected chi connectivity index (χ4v) is 2.36. The maximum absolute atomic E-state index is 13.3. The van der Waals surface area contributed by atoms with Crippen molar-refractivity contribution >= 4 is 0 Å². The van der Waals surface area contributed by atoms with Crippen molar-refractivity contribution in [3.8, 4) is 0 Å². The molecule has 2 atom stereocenters. The largest absolute Gasteiger partial charge is 0.314 e. The van der Waals surface area contributed by atoms with Crippen LogP contribution in [0.1, 0.15) is 44.7 Å². The predicted octanol–water partition coefficient (Wildman–Crippen LogP) is 4.09. The van der Waals surface area contributed by atoms with E-state index in [1.807, 2.05) is 6.07 Å². The SMILES string of the molecule is CCCNC(C)C(CC)Cc1cc(F)ccc1C. The van der Waals surface area contributed by atoms with Crippen molar-refractivity contribution in [3.05, 3.63) is 35.1 Å². The number of halogens is 1. The van der Waals surface area contributed by atoms with Crippen molar-refractivity contribution in [1.29, 1.82) is 0 Å². The first-order valence-electron chi connectivity index (χ1n) is 7.06. The summed E-state index contributed by atoms with van der Waals surface area (Å²) in [4.78, 5) is 0. The van der Waals surface area contributed by atoms with Crippen LogP contribution in [0.15, 0.2) is 18.2 Å². The molecular formula is C16H26FN. The Bertz CT molecular complexity index is 362. The molecule has 2 unspecified atom stereocenters. The number of hydrogen-bond acceptors (Lipinski definition) is 1. The highest BCUT2D eigenvalue weighted by Crippen LogP contribution is 2.19. The molecule has 0 aromatic heterocycles. The molecule has 102 valence electrons. The number of benzene rings is 1. The van der Waals surface area contributed by atoms with Crippen LogP contribution >= 0.6 is 0 Å². The Hall–Kier alpha value is -0.890. The molecule has 1 rings (SSSR count). The van der Waals surface area contributed by atoms with E-state index in [1.54, 1.807) is 12.1 Å². The van der Waals surface area contributed by atoms with Crippen molar-refractivity contribution in [2.75, 3.05) is 6.54 Å². The van der Waals surface area contributed by atoms with Gasteiger partial charge in [0.1, 0.15) is 5.82 Å². The predicted molar refractivity (Wildman–Crippen MR) is 76.4 cm³/mol. The highest BCUT2D eigenvalue weighted by molar-refractivity contribution is 5.27. The lowest BCUT2D eigenvalue weighted by atomic mass is 9.89. The van der Waals surface area contributed by atoms with E-state index in [4.69, 9.17) is 0 Å². The van der Waals surface area contributed by atoms with Gasteiger partial charge in [0, 0.05) is 6.04 Å². The van der Waals surface area contributed by atoms with Crippen molar-refractivity contribution in [3.63, 3.8) is 0 Å². The lowest BCUT2D eigenvalue weighted by molar-refractivity contribution is 0.361. The molecule has 0 heterocycles. The van der Waals surface area contributed by atoms with E-state index in [-0.39, 0.29) is 5.82 Å². The molecular weight excluding hydrogens is 225 g/mol. The van der Waals surface area contributed by atoms with Gasteiger partial charge in [-0.1, -0.05) is 26.3 Å². The molecule has 0 amide bonds. The van der Waals surface area contributed by atoms with Crippen molar-refractivity contribution in [2.45, 2.75) is 53.0 Å². The summed E-state index contributed by atoms with van der Waals surface area (Å²) in [5.41, 5.74) is 2.34. The molecule has 0 spiro atoms. The average Bonchev–Trinajstić information content (AvgIpc) is 2.36. The maximum Gasteiger partial charge on any atom is 0.123 e. The van der Waals surface area contributed by atoms with Crippen LogP contribution in [0, 0.1) is 18.7 Å². The van der Waals surface area contributed by atoms with Crippen LogP contribution in [0.25, 0.3) is 0 Å². The Balaban J connectivity index is 2.69. The third-order valence-corrected chi connectivity index (χ3v) is 3.74. The average molecular weight is 251 g/mol. The zero-order valence-corrected chi connectivity index (χ0v) is 12.1. The summed E-state index contributed by atoms with van der Waals surface area (Å²) in [6.45, 7) is 9.74. The Morgan fingerprint density at radius 1 is 1.28 bits per heavy atom. The molecule has 0 radical (unpaired) electrons. The first-order valence-corrected chi connectivity index (χ1v) is 7.06. The monoisotopic (exact) mass is 251 g/mol. The first-order chi connectivity index (χ1) is 8.58.